The lowest BCUT2D eigenvalue weighted by atomic mass is 10.6. The second kappa shape index (κ2) is 3.34. The van der Waals surface area contributed by atoms with Gasteiger partial charge in [-0.1, -0.05) is 0 Å². The van der Waals surface area contributed by atoms with E-state index in [2.05, 4.69) is 10.3 Å². The van der Waals surface area contributed by atoms with Gasteiger partial charge in [0.05, 0.1) is 6.54 Å². The number of thiazole rings is 1. The third-order valence-electron chi connectivity index (χ3n) is 1.06. The number of rotatable bonds is 2. The largest absolute Gasteiger partial charge is 0.465 e. The molecular formula is C6H8N2O2S. The molecule has 1 aromatic heterocycles. The van der Waals surface area contributed by atoms with Gasteiger partial charge in [-0.25, -0.2) is 9.78 Å². The molecule has 0 aliphatic rings. The molecule has 0 saturated heterocycles. The van der Waals surface area contributed by atoms with Gasteiger partial charge in [-0.15, -0.1) is 11.3 Å². The van der Waals surface area contributed by atoms with E-state index in [1.165, 1.54) is 11.3 Å². The molecule has 0 aromatic carbocycles. The molecule has 0 radical (unpaired) electrons. The summed E-state index contributed by atoms with van der Waals surface area (Å²) in [5.74, 6) is 0. The van der Waals surface area contributed by atoms with E-state index in [-0.39, 0.29) is 0 Å². The minimum absolute atomic E-state index is 0.299. The molecule has 1 rings (SSSR count). The van der Waals surface area contributed by atoms with Gasteiger partial charge < -0.3 is 10.4 Å². The molecule has 0 bridgehead atoms. The third-order valence-corrected chi connectivity index (χ3v) is 2.02. The van der Waals surface area contributed by atoms with Crippen LogP contribution in [0.1, 0.15) is 10.7 Å². The van der Waals surface area contributed by atoms with Gasteiger partial charge in [0, 0.05) is 11.1 Å². The summed E-state index contributed by atoms with van der Waals surface area (Å²) in [6.07, 6.45) is -1.02. The van der Waals surface area contributed by atoms with Crippen molar-refractivity contribution in [2.24, 2.45) is 0 Å². The second-order valence-electron chi connectivity index (χ2n) is 2.04. The Hall–Kier alpha value is -1.10. The van der Waals surface area contributed by atoms with E-state index in [1.54, 1.807) is 0 Å². The first-order chi connectivity index (χ1) is 5.18. The van der Waals surface area contributed by atoms with E-state index in [4.69, 9.17) is 5.11 Å². The Bertz CT molecular complexity index is 259. The van der Waals surface area contributed by atoms with Gasteiger partial charge in [0.15, 0.2) is 0 Å². The van der Waals surface area contributed by atoms with Crippen molar-refractivity contribution in [1.29, 1.82) is 0 Å². The fraction of sp³-hybridized carbons (Fsp3) is 0.333. The summed E-state index contributed by atoms with van der Waals surface area (Å²) in [5.41, 5.74) is 0.928. The fourth-order valence-corrected chi connectivity index (χ4v) is 1.35. The van der Waals surface area contributed by atoms with Crippen LogP contribution in [0.5, 0.6) is 0 Å². The molecule has 0 atom stereocenters. The lowest BCUT2D eigenvalue weighted by Crippen LogP contribution is -2.19. The molecule has 1 heterocycles. The lowest BCUT2D eigenvalue weighted by Gasteiger charge is -1.93. The number of nitrogens with zero attached hydrogens (tertiary/aromatic N) is 1. The van der Waals surface area contributed by atoms with Crippen LogP contribution in [0, 0.1) is 6.92 Å². The first-order valence-corrected chi connectivity index (χ1v) is 3.94. The normalized spacial score (nSPS) is 9.55. The number of carboxylic acid groups (broad SMARTS) is 1. The van der Waals surface area contributed by atoms with Crippen molar-refractivity contribution in [3.63, 3.8) is 0 Å². The summed E-state index contributed by atoms with van der Waals surface area (Å²) in [6.45, 7) is 2.18. The standard InChI is InChI=1S/C6H8N2O2S/c1-4-3-11-5(8-4)2-7-6(9)10/h3,7H,2H2,1H3,(H,9,10). The Morgan fingerprint density at radius 2 is 2.64 bits per heavy atom. The molecule has 1 aromatic rings. The minimum Gasteiger partial charge on any atom is -0.465 e. The van der Waals surface area contributed by atoms with Gasteiger partial charge in [0.25, 0.3) is 0 Å². The van der Waals surface area contributed by atoms with Crippen LogP contribution < -0.4 is 5.32 Å². The molecular weight excluding hydrogens is 164 g/mol. The average molecular weight is 172 g/mol. The third kappa shape index (κ3) is 2.55. The Balaban J connectivity index is 2.45. The molecule has 0 aliphatic heterocycles. The molecule has 2 N–H and O–H groups in total. The molecule has 4 nitrogen and oxygen atoms in total. The molecule has 0 fully saturated rings. The maximum atomic E-state index is 10.0. The number of aryl methyl sites for hydroxylation is 1. The highest BCUT2D eigenvalue weighted by Gasteiger charge is 1.99. The summed E-state index contributed by atoms with van der Waals surface area (Å²) in [7, 11) is 0. The van der Waals surface area contributed by atoms with Crippen molar-refractivity contribution in [1.82, 2.24) is 10.3 Å². The topological polar surface area (TPSA) is 62.2 Å². The van der Waals surface area contributed by atoms with Crippen LogP contribution in [-0.2, 0) is 6.54 Å². The highest BCUT2D eigenvalue weighted by atomic mass is 32.1. The number of hydrogen-bond donors (Lipinski definition) is 2. The van der Waals surface area contributed by atoms with Crippen LogP contribution in [0.25, 0.3) is 0 Å². The molecule has 0 aliphatic carbocycles. The van der Waals surface area contributed by atoms with Crippen molar-refractivity contribution in [2.45, 2.75) is 13.5 Å². The van der Waals surface area contributed by atoms with E-state index < -0.39 is 6.09 Å². The van der Waals surface area contributed by atoms with E-state index >= 15 is 0 Å². The number of amides is 1. The summed E-state index contributed by atoms with van der Waals surface area (Å²) in [5, 5.41) is 13.2. The number of carbonyl (C=O) groups is 1. The molecule has 5 heteroatoms. The lowest BCUT2D eigenvalue weighted by molar-refractivity contribution is 0.194. The van der Waals surface area contributed by atoms with Crippen molar-refractivity contribution in [3.8, 4) is 0 Å². The number of nitrogens with one attached hydrogen (secondary N) is 1. The predicted octanol–water partition coefficient (Wildman–Crippen LogP) is 1.22. The monoisotopic (exact) mass is 172 g/mol. The zero-order valence-corrected chi connectivity index (χ0v) is 6.81. The Labute approximate surface area is 67.9 Å². The number of hydrogen-bond acceptors (Lipinski definition) is 3. The summed E-state index contributed by atoms with van der Waals surface area (Å²) in [6, 6.07) is 0. The van der Waals surface area contributed by atoms with Gasteiger partial charge >= 0.3 is 6.09 Å². The Morgan fingerprint density at radius 3 is 3.09 bits per heavy atom. The summed E-state index contributed by atoms with van der Waals surface area (Å²) < 4.78 is 0. The van der Waals surface area contributed by atoms with E-state index in [1.807, 2.05) is 12.3 Å². The highest BCUT2D eigenvalue weighted by molar-refractivity contribution is 7.09. The molecule has 1 amide bonds. The van der Waals surface area contributed by atoms with Gasteiger partial charge in [-0.3, -0.25) is 0 Å². The van der Waals surface area contributed by atoms with Crippen LogP contribution in [0.15, 0.2) is 5.38 Å². The van der Waals surface area contributed by atoms with Crippen LogP contribution in [0.3, 0.4) is 0 Å². The quantitative estimate of drug-likeness (QED) is 0.705. The first kappa shape index (κ1) is 8.00. The van der Waals surface area contributed by atoms with E-state index in [0.29, 0.717) is 6.54 Å². The molecule has 0 unspecified atom stereocenters. The van der Waals surface area contributed by atoms with Crippen molar-refractivity contribution in [2.75, 3.05) is 0 Å². The first-order valence-electron chi connectivity index (χ1n) is 3.06. The van der Waals surface area contributed by atoms with Gasteiger partial charge in [-0.2, -0.15) is 0 Å². The summed E-state index contributed by atoms with van der Waals surface area (Å²) >= 11 is 1.45. The average Bonchev–Trinajstić information content (AvgIpc) is 2.31. The van der Waals surface area contributed by atoms with E-state index in [0.717, 1.165) is 10.7 Å². The highest BCUT2D eigenvalue weighted by Crippen LogP contribution is 2.07. The van der Waals surface area contributed by atoms with Crippen LogP contribution in [0.2, 0.25) is 0 Å². The van der Waals surface area contributed by atoms with Crippen LogP contribution >= 0.6 is 11.3 Å². The molecule has 60 valence electrons. The smallest absolute Gasteiger partial charge is 0.405 e. The number of aromatic nitrogens is 1. The molecule has 0 spiro atoms. The minimum atomic E-state index is -1.02. The van der Waals surface area contributed by atoms with Gasteiger partial charge in [0.1, 0.15) is 5.01 Å². The zero-order valence-electron chi connectivity index (χ0n) is 6.00. The van der Waals surface area contributed by atoms with Gasteiger partial charge in [0.2, 0.25) is 0 Å². The fourth-order valence-electron chi connectivity index (χ4n) is 0.635. The predicted molar refractivity (Wildman–Crippen MR) is 41.7 cm³/mol. The SMILES string of the molecule is Cc1csc(CNC(=O)O)n1. The molecule has 11 heavy (non-hydrogen) atoms. The van der Waals surface area contributed by atoms with Crippen LogP contribution in [-0.4, -0.2) is 16.2 Å². The maximum Gasteiger partial charge on any atom is 0.405 e. The zero-order chi connectivity index (χ0) is 8.27. The van der Waals surface area contributed by atoms with Crippen molar-refractivity contribution in [3.05, 3.63) is 16.1 Å². The second-order valence-corrected chi connectivity index (χ2v) is 2.98. The Kier molecular flexibility index (Phi) is 2.43. The van der Waals surface area contributed by atoms with Crippen molar-refractivity contribution < 1.29 is 9.90 Å². The summed E-state index contributed by atoms with van der Waals surface area (Å²) in [4.78, 5) is 14.1. The van der Waals surface area contributed by atoms with Crippen LogP contribution in [0.4, 0.5) is 4.79 Å². The van der Waals surface area contributed by atoms with Gasteiger partial charge in [-0.05, 0) is 6.92 Å². The van der Waals surface area contributed by atoms with Crippen molar-refractivity contribution >= 4 is 17.4 Å². The maximum absolute atomic E-state index is 10.0. The molecule has 0 saturated carbocycles. The van der Waals surface area contributed by atoms with E-state index in [9.17, 15) is 4.79 Å². The Morgan fingerprint density at radius 1 is 1.91 bits per heavy atom.